The molecule has 0 aromatic rings. The maximum Gasteiger partial charge on any atom is -0.00437 e. The predicted molar refractivity (Wildman–Crippen MR) is 47.6 cm³/mol. The molecule has 2 rings (SSSR count). The van der Waals surface area contributed by atoms with Gasteiger partial charge in [-0.15, -0.1) is 0 Å². The third-order valence-electron chi connectivity index (χ3n) is 3.29. The summed E-state index contributed by atoms with van der Waals surface area (Å²) in [6.07, 6.45) is 7.35. The molecule has 0 aromatic heterocycles. The highest BCUT2D eigenvalue weighted by atomic mass is 14.9. The van der Waals surface area contributed by atoms with Crippen LogP contribution in [0.15, 0.2) is 0 Å². The first kappa shape index (κ1) is 7.60. The van der Waals surface area contributed by atoms with Crippen LogP contribution in [0.25, 0.3) is 0 Å². The number of piperidine rings is 1. The topological polar surface area (TPSA) is 12.0 Å². The monoisotopic (exact) mass is 153 g/mol. The first-order valence-electron chi connectivity index (χ1n) is 4.99. The Morgan fingerprint density at radius 1 is 1.27 bits per heavy atom. The molecule has 0 bridgehead atoms. The molecule has 1 saturated heterocycles. The summed E-state index contributed by atoms with van der Waals surface area (Å²) in [5.74, 6) is 1.11. The molecular formula is C10H19N. The van der Waals surface area contributed by atoms with E-state index in [9.17, 15) is 0 Å². The van der Waals surface area contributed by atoms with Gasteiger partial charge in [0.1, 0.15) is 0 Å². The molecule has 1 heterocycles. The maximum atomic E-state index is 3.43. The van der Waals surface area contributed by atoms with Gasteiger partial charge in [0.15, 0.2) is 0 Å². The van der Waals surface area contributed by atoms with Crippen LogP contribution in [-0.2, 0) is 0 Å². The molecule has 1 heteroatoms. The molecule has 1 saturated carbocycles. The van der Waals surface area contributed by atoms with Crippen LogP contribution in [0.5, 0.6) is 0 Å². The number of rotatable bonds is 2. The normalized spacial score (nSPS) is 30.3. The largest absolute Gasteiger partial charge is 0.317 e. The van der Waals surface area contributed by atoms with E-state index >= 15 is 0 Å². The van der Waals surface area contributed by atoms with E-state index in [1.54, 1.807) is 0 Å². The highest BCUT2D eigenvalue weighted by molar-refractivity contribution is 4.87. The van der Waals surface area contributed by atoms with Crippen molar-refractivity contribution in [3.8, 4) is 0 Å². The summed E-state index contributed by atoms with van der Waals surface area (Å²) in [7, 11) is 0. The second-order valence-corrected chi connectivity index (χ2v) is 4.71. The van der Waals surface area contributed by atoms with E-state index in [0.29, 0.717) is 5.41 Å². The Balaban J connectivity index is 1.84. The summed E-state index contributed by atoms with van der Waals surface area (Å²) >= 11 is 0. The van der Waals surface area contributed by atoms with Crippen LogP contribution in [0.2, 0.25) is 0 Å². The smallest absolute Gasteiger partial charge is 0.00437 e. The van der Waals surface area contributed by atoms with Gasteiger partial charge in [-0.2, -0.15) is 0 Å². The minimum atomic E-state index is 0.701. The Hall–Kier alpha value is -0.0400. The van der Waals surface area contributed by atoms with Crippen molar-refractivity contribution in [1.82, 2.24) is 5.32 Å². The van der Waals surface area contributed by atoms with Gasteiger partial charge in [-0.05, 0) is 43.7 Å². The van der Waals surface area contributed by atoms with Crippen molar-refractivity contribution >= 4 is 0 Å². The summed E-state index contributed by atoms with van der Waals surface area (Å²) in [5.41, 5.74) is 0.701. The zero-order valence-corrected chi connectivity index (χ0v) is 7.53. The fourth-order valence-electron chi connectivity index (χ4n) is 2.25. The average Bonchev–Trinajstić information content (AvgIpc) is 2.72. The minimum Gasteiger partial charge on any atom is -0.317 e. The lowest BCUT2D eigenvalue weighted by Crippen LogP contribution is -2.34. The molecular weight excluding hydrogens is 134 g/mol. The molecule has 0 amide bonds. The molecule has 2 fully saturated rings. The molecule has 2 aliphatic rings. The Bertz CT molecular complexity index is 132. The van der Waals surface area contributed by atoms with Gasteiger partial charge in [0.05, 0.1) is 0 Å². The third-order valence-corrected chi connectivity index (χ3v) is 3.29. The number of hydrogen-bond acceptors (Lipinski definition) is 1. The van der Waals surface area contributed by atoms with Crippen LogP contribution in [0.4, 0.5) is 0 Å². The zero-order valence-electron chi connectivity index (χ0n) is 7.53. The van der Waals surface area contributed by atoms with Gasteiger partial charge in [0, 0.05) is 0 Å². The summed E-state index contributed by atoms with van der Waals surface area (Å²) in [4.78, 5) is 0. The molecule has 1 nitrogen and oxygen atoms in total. The maximum absolute atomic E-state index is 3.43. The number of hydrogen-bond donors (Lipinski definition) is 1. The van der Waals surface area contributed by atoms with Crippen LogP contribution in [0.3, 0.4) is 0 Å². The molecule has 0 atom stereocenters. The first-order valence-corrected chi connectivity index (χ1v) is 4.99. The Morgan fingerprint density at radius 2 is 1.91 bits per heavy atom. The standard InChI is InChI=1S/C10H19N/c1-10(8-9-2-3-9)4-6-11-7-5-10/h9,11H,2-8H2,1H3. The van der Waals surface area contributed by atoms with Crippen LogP contribution in [-0.4, -0.2) is 13.1 Å². The van der Waals surface area contributed by atoms with Gasteiger partial charge < -0.3 is 5.32 Å². The average molecular weight is 153 g/mol. The zero-order chi connectivity index (χ0) is 7.73. The quantitative estimate of drug-likeness (QED) is 0.641. The van der Waals surface area contributed by atoms with E-state index in [0.717, 1.165) is 5.92 Å². The first-order chi connectivity index (χ1) is 5.29. The molecule has 1 N–H and O–H groups in total. The van der Waals surface area contributed by atoms with Crippen molar-refractivity contribution in [3.63, 3.8) is 0 Å². The molecule has 0 spiro atoms. The fraction of sp³-hybridized carbons (Fsp3) is 1.00. The highest BCUT2D eigenvalue weighted by Crippen LogP contribution is 2.44. The van der Waals surface area contributed by atoms with E-state index in [1.165, 1.54) is 45.2 Å². The molecule has 64 valence electrons. The number of nitrogens with one attached hydrogen (secondary N) is 1. The van der Waals surface area contributed by atoms with Crippen molar-refractivity contribution in [3.05, 3.63) is 0 Å². The second kappa shape index (κ2) is 2.78. The van der Waals surface area contributed by atoms with E-state index in [4.69, 9.17) is 0 Å². The van der Waals surface area contributed by atoms with Crippen molar-refractivity contribution in [2.45, 2.75) is 39.0 Å². The Kier molecular flexibility index (Phi) is 1.92. The molecule has 0 radical (unpaired) electrons. The fourth-order valence-corrected chi connectivity index (χ4v) is 2.25. The van der Waals surface area contributed by atoms with E-state index in [2.05, 4.69) is 12.2 Å². The van der Waals surface area contributed by atoms with Gasteiger partial charge in [-0.25, -0.2) is 0 Å². The van der Waals surface area contributed by atoms with Crippen molar-refractivity contribution < 1.29 is 0 Å². The lowest BCUT2D eigenvalue weighted by molar-refractivity contribution is 0.200. The van der Waals surface area contributed by atoms with Gasteiger partial charge in [-0.1, -0.05) is 19.8 Å². The van der Waals surface area contributed by atoms with Crippen molar-refractivity contribution in [1.29, 1.82) is 0 Å². The summed E-state index contributed by atoms with van der Waals surface area (Å²) in [6.45, 7) is 4.98. The summed E-state index contributed by atoms with van der Waals surface area (Å²) < 4.78 is 0. The van der Waals surface area contributed by atoms with Crippen LogP contribution in [0, 0.1) is 11.3 Å². The summed E-state index contributed by atoms with van der Waals surface area (Å²) in [5, 5.41) is 3.43. The van der Waals surface area contributed by atoms with Gasteiger partial charge >= 0.3 is 0 Å². The second-order valence-electron chi connectivity index (χ2n) is 4.71. The van der Waals surface area contributed by atoms with Gasteiger partial charge in [0.2, 0.25) is 0 Å². The molecule has 1 aliphatic heterocycles. The van der Waals surface area contributed by atoms with E-state index < -0.39 is 0 Å². The summed E-state index contributed by atoms with van der Waals surface area (Å²) in [6, 6.07) is 0. The lowest BCUT2D eigenvalue weighted by atomic mass is 9.77. The third kappa shape index (κ3) is 1.96. The molecule has 0 aromatic carbocycles. The minimum absolute atomic E-state index is 0.701. The molecule has 11 heavy (non-hydrogen) atoms. The SMILES string of the molecule is CC1(CC2CC2)CCNCC1. The Labute approximate surface area is 69.6 Å². The van der Waals surface area contributed by atoms with Crippen molar-refractivity contribution in [2.75, 3.05) is 13.1 Å². The molecule has 0 unspecified atom stereocenters. The van der Waals surface area contributed by atoms with Crippen LogP contribution < -0.4 is 5.32 Å². The van der Waals surface area contributed by atoms with E-state index in [-0.39, 0.29) is 0 Å². The van der Waals surface area contributed by atoms with E-state index in [1.807, 2.05) is 0 Å². The lowest BCUT2D eigenvalue weighted by Gasteiger charge is -2.34. The van der Waals surface area contributed by atoms with Gasteiger partial charge in [0.25, 0.3) is 0 Å². The highest BCUT2D eigenvalue weighted by Gasteiger charge is 2.33. The van der Waals surface area contributed by atoms with Crippen molar-refractivity contribution in [2.24, 2.45) is 11.3 Å². The molecule has 1 aliphatic carbocycles. The Morgan fingerprint density at radius 3 is 2.45 bits per heavy atom. The van der Waals surface area contributed by atoms with Gasteiger partial charge in [-0.3, -0.25) is 0 Å². The van der Waals surface area contributed by atoms with Crippen LogP contribution in [0.1, 0.15) is 39.0 Å². The predicted octanol–water partition coefficient (Wildman–Crippen LogP) is 2.18. The van der Waals surface area contributed by atoms with Crippen LogP contribution >= 0.6 is 0 Å².